The molecule has 1 saturated heterocycles. The molecule has 0 radical (unpaired) electrons. The first-order valence-corrected chi connectivity index (χ1v) is 9.74. The highest BCUT2D eigenvalue weighted by atomic mass is 16.3. The second-order valence-corrected chi connectivity index (χ2v) is 8.04. The highest BCUT2D eigenvalue weighted by molar-refractivity contribution is 5.79. The number of aliphatic hydroxyl groups excluding tert-OH is 1. The summed E-state index contributed by atoms with van der Waals surface area (Å²) in [5.41, 5.74) is 4.70. The number of carbonyl (C=O) groups is 1. The topological polar surface area (TPSA) is 40.5 Å². The summed E-state index contributed by atoms with van der Waals surface area (Å²) in [6.45, 7) is 1.74. The third-order valence-electron chi connectivity index (χ3n) is 6.12. The first-order chi connectivity index (χ1) is 12.7. The van der Waals surface area contributed by atoms with Crippen LogP contribution in [-0.2, 0) is 17.9 Å². The zero-order chi connectivity index (χ0) is 18.0. The van der Waals surface area contributed by atoms with Crippen molar-refractivity contribution in [2.45, 2.75) is 51.7 Å². The predicted octanol–water partition coefficient (Wildman–Crippen LogP) is 4.53. The van der Waals surface area contributed by atoms with E-state index in [9.17, 15) is 4.79 Å². The van der Waals surface area contributed by atoms with E-state index >= 15 is 0 Å². The van der Waals surface area contributed by atoms with Crippen molar-refractivity contribution in [3.05, 3.63) is 59.7 Å². The zero-order valence-electron chi connectivity index (χ0n) is 15.3. The summed E-state index contributed by atoms with van der Waals surface area (Å²) in [5, 5.41) is 9.15. The van der Waals surface area contributed by atoms with Crippen LogP contribution in [0.15, 0.2) is 48.5 Å². The molecule has 3 nitrogen and oxygen atoms in total. The molecule has 26 heavy (non-hydrogen) atoms. The Morgan fingerprint density at radius 3 is 2.00 bits per heavy atom. The van der Waals surface area contributed by atoms with E-state index in [4.69, 9.17) is 5.11 Å². The van der Waals surface area contributed by atoms with Gasteiger partial charge in [-0.3, -0.25) is 4.79 Å². The highest BCUT2D eigenvalue weighted by Crippen LogP contribution is 2.44. The third kappa shape index (κ3) is 3.54. The molecular weight excluding hydrogens is 322 g/mol. The van der Waals surface area contributed by atoms with Crippen molar-refractivity contribution >= 4 is 5.91 Å². The Hall–Kier alpha value is -2.13. The molecule has 0 aromatic heterocycles. The summed E-state index contributed by atoms with van der Waals surface area (Å²) < 4.78 is 0. The number of benzene rings is 2. The van der Waals surface area contributed by atoms with Gasteiger partial charge in [0.15, 0.2) is 0 Å². The first kappa shape index (κ1) is 17.3. The van der Waals surface area contributed by atoms with Crippen LogP contribution in [0.3, 0.4) is 0 Å². The van der Waals surface area contributed by atoms with Crippen LogP contribution in [0, 0.1) is 5.41 Å². The van der Waals surface area contributed by atoms with Crippen molar-refractivity contribution in [3.63, 3.8) is 0 Å². The first-order valence-electron chi connectivity index (χ1n) is 9.74. The van der Waals surface area contributed by atoms with Gasteiger partial charge in [-0.05, 0) is 40.5 Å². The molecule has 2 aromatic carbocycles. The molecule has 2 aliphatic rings. The number of aliphatic hydroxyl groups is 1. The lowest BCUT2D eigenvalue weighted by molar-refractivity contribution is -0.128. The standard InChI is InChI=1S/C23H27NO2/c25-16-19-6-10-21(11-7-19)20-8-4-18(5-9-20)15-24-17-23(14-22(24)26)12-2-1-3-13-23/h4-11,25H,1-3,12-17H2. The maximum absolute atomic E-state index is 12.5. The van der Waals surface area contributed by atoms with Crippen molar-refractivity contribution in [2.24, 2.45) is 5.41 Å². The Kier molecular flexibility index (Phi) is 4.82. The second-order valence-electron chi connectivity index (χ2n) is 8.04. The molecule has 4 rings (SSSR count). The van der Waals surface area contributed by atoms with E-state index in [2.05, 4.69) is 29.2 Å². The number of nitrogens with zero attached hydrogens (tertiary/aromatic N) is 1. The summed E-state index contributed by atoms with van der Waals surface area (Å²) >= 11 is 0. The smallest absolute Gasteiger partial charge is 0.223 e. The third-order valence-corrected chi connectivity index (χ3v) is 6.12. The monoisotopic (exact) mass is 349 g/mol. The van der Waals surface area contributed by atoms with E-state index in [1.165, 1.54) is 37.7 Å². The molecule has 1 saturated carbocycles. The van der Waals surface area contributed by atoms with Gasteiger partial charge < -0.3 is 10.0 Å². The Labute approximate surface area is 155 Å². The van der Waals surface area contributed by atoms with E-state index in [0.717, 1.165) is 36.2 Å². The lowest BCUT2D eigenvalue weighted by Crippen LogP contribution is -2.29. The summed E-state index contributed by atoms with van der Waals surface area (Å²) in [5.74, 6) is 0.329. The average molecular weight is 349 g/mol. The highest BCUT2D eigenvalue weighted by Gasteiger charge is 2.43. The molecule has 3 heteroatoms. The lowest BCUT2D eigenvalue weighted by Gasteiger charge is -2.32. The quantitative estimate of drug-likeness (QED) is 0.881. The van der Waals surface area contributed by atoms with Gasteiger partial charge in [-0.15, -0.1) is 0 Å². The Morgan fingerprint density at radius 2 is 1.42 bits per heavy atom. The van der Waals surface area contributed by atoms with Gasteiger partial charge in [0.25, 0.3) is 0 Å². The van der Waals surface area contributed by atoms with Gasteiger partial charge in [0.2, 0.25) is 5.91 Å². The molecule has 0 atom stereocenters. The van der Waals surface area contributed by atoms with Crippen molar-refractivity contribution < 1.29 is 9.90 Å². The molecule has 1 aliphatic heterocycles. The Morgan fingerprint density at radius 1 is 0.846 bits per heavy atom. The van der Waals surface area contributed by atoms with E-state index in [-0.39, 0.29) is 12.0 Å². The van der Waals surface area contributed by atoms with Crippen molar-refractivity contribution in [2.75, 3.05) is 6.54 Å². The zero-order valence-corrected chi connectivity index (χ0v) is 15.3. The minimum absolute atomic E-state index is 0.0740. The molecule has 1 N–H and O–H groups in total. The molecule has 1 heterocycles. The van der Waals surface area contributed by atoms with Crippen LogP contribution in [0.2, 0.25) is 0 Å². The maximum atomic E-state index is 12.5. The molecule has 1 aliphatic carbocycles. The maximum Gasteiger partial charge on any atom is 0.223 e. The largest absolute Gasteiger partial charge is 0.392 e. The van der Waals surface area contributed by atoms with Crippen LogP contribution in [0.5, 0.6) is 0 Å². The van der Waals surface area contributed by atoms with Crippen LogP contribution in [0.25, 0.3) is 11.1 Å². The van der Waals surface area contributed by atoms with Crippen molar-refractivity contribution in [1.29, 1.82) is 0 Å². The van der Waals surface area contributed by atoms with Gasteiger partial charge in [-0.1, -0.05) is 67.8 Å². The minimum atomic E-state index is 0.0740. The van der Waals surface area contributed by atoms with E-state index in [1.807, 2.05) is 24.3 Å². The number of rotatable bonds is 4. The second kappa shape index (κ2) is 7.24. The number of hydrogen-bond acceptors (Lipinski definition) is 2. The van der Waals surface area contributed by atoms with E-state index in [1.54, 1.807) is 0 Å². The molecule has 2 fully saturated rings. The van der Waals surface area contributed by atoms with Gasteiger partial charge in [0, 0.05) is 19.5 Å². The molecule has 0 bridgehead atoms. The molecular formula is C23H27NO2. The Bertz CT molecular complexity index is 758. The SMILES string of the molecule is O=C1CC2(CCCCC2)CN1Cc1ccc(-c2ccc(CO)cc2)cc1. The van der Waals surface area contributed by atoms with E-state index in [0.29, 0.717) is 5.91 Å². The fourth-order valence-corrected chi connectivity index (χ4v) is 4.59. The van der Waals surface area contributed by atoms with Crippen LogP contribution in [0.4, 0.5) is 0 Å². The van der Waals surface area contributed by atoms with Gasteiger partial charge in [0.05, 0.1) is 6.61 Å². The molecule has 2 aromatic rings. The van der Waals surface area contributed by atoms with Gasteiger partial charge in [-0.2, -0.15) is 0 Å². The summed E-state index contributed by atoms with van der Waals surface area (Å²) in [7, 11) is 0. The number of likely N-dealkylation sites (tertiary alicyclic amines) is 1. The Balaban J connectivity index is 1.43. The van der Waals surface area contributed by atoms with Crippen LogP contribution in [-0.4, -0.2) is 22.5 Å². The van der Waals surface area contributed by atoms with Crippen molar-refractivity contribution in [3.8, 4) is 11.1 Å². The molecule has 0 unspecified atom stereocenters. The van der Waals surface area contributed by atoms with Gasteiger partial charge >= 0.3 is 0 Å². The minimum Gasteiger partial charge on any atom is -0.392 e. The predicted molar refractivity (Wildman–Crippen MR) is 103 cm³/mol. The normalized spacial score (nSPS) is 19.3. The van der Waals surface area contributed by atoms with Crippen LogP contribution >= 0.6 is 0 Å². The van der Waals surface area contributed by atoms with Gasteiger partial charge in [-0.25, -0.2) is 0 Å². The fraction of sp³-hybridized carbons (Fsp3) is 0.435. The molecule has 136 valence electrons. The summed E-state index contributed by atoms with van der Waals surface area (Å²) in [4.78, 5) is 14.6. The fourth-order valence-electron chi connectivity index (χ4n) is 4.59. The molecule has 1 amide bonds. The summed E-state index contributed by atoms with van der Waals surface area (Å²) in [6, 6.07) is 16.5. The number of carbonyl (C=O) groups excluding carboxylic acids is 1. The van der Waals surface area contributed by atoms with Crippen LogP contribution < -0.4 is 0 Å². The summed E-state index contributed by atoms with van der Waals surface area (Å²) in [6.07, 6.45) is 7.09. The average Bonchev–Trinajstić information content (AvgIpc) is 2.97. The molecule has 1 spiro atoms. The van der Waals surface area contributed by atoms with Crippen LogP contribution in [0.1, 0.15) is 49.7 Å². The number of hydrogen-bond donors (Lipinski definition) is 1. The van der Waals surface area contributed by atoms with E-state index < -0.39 is 0 Å². The lowest BCUT2D eigenvalue weighted by atomic mass is 9.73. The van der Waals surface area contributed by atoms with Gasteiger partial charge in [0.1, 0.15) is 0 Å². The van der Waals surface area contributed by atoms with Crippen molar-refractivity contribution in [1.82, 2.24) is 4.90 Å². The number of amides is 1.